The summed E-state index contributed by atoms with van der Waals surface area (Å²) in [5.41, 5.74) is 0. The Morgan fingerprint density at radius 3 is 2.23 bits per heavy atom. The first-order valence-corrected chi connectivity index (χ1v) is 8.00. The van der Waals surface area contributed by atoms with E-state index in [-0.39, 0.29) is 18.9 Å². The molecule has 0 rings (SSSR count). The molecule has 4 nitrogen and oxygen atoms in total. The minimum absolute atomic E-state index is 0.00254. The summed E-state index contributed by atoms with van der Waals surface area (Å²) in [6.07, 6.45) is -0.00254. The molecule has 0 fully saturated rings. The minimum atomic E-state index is -1.36. The van der Waals surface area contributed by atoms with Crippen LogP contribution in [-0.4, -0.2) is 31.6 Å². The molecule has 0 aliphatic heterocycles. The zero-order valence-electron chi connectivity index (χ0n) is 8.39. The number of carbonyl (C=O) groups is 2. The van der Waals surface area contributed by atoms with Crippen LogP contribution in [0.3, 0.4) is 0 Å². The molecule has 0 aliphatic rings. The fourth-order valence-electron chi connectivity index (χ4n) is 0.853. The molecular formula is C8H17NO3Si. The van der Waals surface area contributed by atoms with Gasteiger partial charge in [-0.05, 0) is 0 Å². The highest BCUT2D eigenvalue weighted by atomic mass is 28.3. The standard InChI is InChI=1S/C8H17NO3Si/c1-13(2,3)6-7(10)9-5-4-8(11)12/h4-6H2,1-3H3,(H,9,10)(H,11,12). The average molecular weight is 203 g/mol. The highest BCUT2D eigenvalue weighted by Crippen LogP contribution is 2.06. The number of aliphatic carboxylic acids is 1. The van der Waals surface area contributed by atoms with Gasteiger partial charge < -0.3 is 10.4 Å². The van der Waals surface area contributed by atoms with Crippen LogP contribution in [0.4, 0.5) is 0 Å². The fourth-order valence-corrected chi connectivity index (χ4v) is 1.94. The Labute approximate surface area is 79.3 Å². The topological polar surface area (TPSA) is 66.4 Å². The number of amides is 1. The molecule has 0 atom stereocenters. The van der Waals surface area contributed by atoms with E-state index in [2.05, 4.69) is 25.0 Å². The molecule has 0 bridgehead atoms. The van der Waals surface area contributed by atoms with E-state index in [0.29, 0.717) is 6.04 Å². The molecule has 76 valence electrons. The van der Waals surface area contributed by atoms with E-state index in [4.69, 9.17) is 5.11 Å². The van der Waals surface area contributed by atoms with Crippen molar-refractivity contribution in [3.63, 3.8) is 0 Å². The van der Waals surface area contributed by atoms with Gasteiger partial charge in [-0.3, -0.25) is 9.59 Å². The first kappa shape index (κ1) is 12.2. The van der Waals surface area contributed by atoms with Crippen LogP contribution in [0, 0.1) is 0 Å². The summed E-state index contributed by atoms with van der Waals surface area (Å²) in [6.45, 7) is 6.54. The molecule has 5 heteroatoms. The Hall–Kier alpha value is -0.843. The average Bonchev–Trinajstić information content (AvgIpc) is 1.81. The van der Waals surface area contributed by atoms with E-state index in [1.807, 2.05) is 0 Å². The molecule has 0 spiro atoms. The number of carbonyl (C=O) groups excluding carboxylic acids is 1. The number of hydrogen-bond donors (Lipinski definition) is 2. The van der Waals surface area contributed by atoms with Crippen molar-refractivity contribution in [1.29, 1.82) is 0 Å². The Kier molecular flexibility index (Phi) is 4.69. The Morgan fingerprint density at radius 1 is 1.31 bits per heavy atom. The van der Waals surface area contributed by atoms with Crippen LogP contribution in [-0.2, 0) is 9.59 Å². The normalized spacial score (nSPS) is 11.0. The molecule has 0 saturated carbocycles. The first-order valence-electron chi connectivity index (χ1n) is 4.30. The van der Waals surface area contributed by atoms with Gasteiger partial charge in [0.25, 0.3) is 0 Å². The Morgan fingerprint density at radius 2 is 1.85 bits per heavy atom. The maximum atomic E-state index is 11.2. The third-order valence-corrected chi connectivity index (χ3v) is 2.73. The molecule has 0 radical (unpaired) electrons. The van der Waals surface area contributed by atoms with Gasteiger partial charge in [0, 0.05) is 12.6 Å². The second-order valence-corrected chi connectivity index (χ2v) is 9.71. The summed E-state index contributed by atoms with van der Waals surface area (Å²) in [4.78, 5) is 21.3. The largest absolute Gasteiger partial charge is 0.481 e. The zero-order valence-corrected chi connectivity index (χ0v) is 9.39. The smallest absolute Gasteiger partial charge is 0.305 e. The van der Waals surface area contributed by atoms with Crippen molar-refractivity contribution in [3.8, 4) is 0 Å². The van der Waals surface area contributed by atoms with Crippen molar-refractivity contribution < 1.29 is 14.7 Å². The first-order chi connectivity index (χ1) is 5.81. The Balaban J connectivity index is 3.59. The van der Waals surface area contributed by atoms with Crippen molar-refractivity contribution >= 4 is 20.0 Å². The fraction of sp³-hybridized carbons (Fsp3) is 0.750. The lowest BCUT2D eigenvalue weighted by Crippen LogP contribution is -2.33. The van der Waals surface area contributed by atoms with Crippen LogP contribution in [0.5, 0.6) is 0 Å². The number of hydrogen-bond acceptors (Lipinski definition) is 2. The molecule has 0 aromatic rings. The van der Waals surface area contributed by atoms with Crippen LogP contribution in [0.15, 0.2) is 0 Å². The lowest BCUT2D eigenvalue weighted by Gasteiger charge is -2.14. The molecule has 1 amide bonds. The lowest BCUT2D eigenvalue weighted by molar-refractivity contribution is -0.136. The van der Waals surface area contributed by atoms with E-state index < -0.39 is 14.0 Å². The summed E-state index contributed by atoms with van der Waals surface area (Å²) in [6, 6.07) is 0.562. The van der Waals surface area contributed by atoms with Gasteiger partial charge in [-0.1, -0.05) is 19.6 Å². The second-order valence-electron chi connectivity index (χ2n) is 4.23. The zero-order chi connectivity index (χ0) is 10.5. The summed E-state index contributed by atoms with van der Waals surface area (Å²) in [5, 5.41) is 10.9. The van der Waals surface area contributed by atoms with Crippen LogP contribution >= 0.6 is 0 Å². The van der Waals surface area contributed by atoms with Crippen molar-refractivity contribution in [2.45, 2.75) is 32.1 Å². The van der Waals surface area contributed by atoms with Crippen LogP contribution in [0.1, 0.15) is 6.42 Å². The third kappa shape index (κ3) is 9.07. The molecular weight excluding hydrogens is 186 g/mol. The molecule has 0 aromatic carbocycles. The maximum absolute atomic E-state index is 11.2. The number of carboxylic acids is 1. The van der Waals surface area contributed by atoms with E-state index in [1.165, 1.54) is 0 Å². The van der Waals surface area contributed by atoms with E-state index in [9.17, 15) is 9.59 Å². The summed E-state index contributed by atoms with van der Waals surface area (Å²) in [5.74, 6) is -0.909. The highest BCUT2D eigenvalue weighted by molar-refractivity contribution is 6.78. The van der Waals surface area contributed by atoms with E-state index in [0.717, 1.165) is 0 Å². The van der Waals surface area contributed by atoms with Gasteiger partial charge in [0.2, 0.25) is 5.91 Å². The number of nitrogens with one attached hydrogen (secondary N) is 1. The number of rotatable bonds is 5. The molecule has 2 N–H and O–H groups in total. The molecule has 0 aromatic heterocycles. The van der Waals surface area contributed by atoms with E-state index in [1.54, 1.807) is 0 Å². The Bertz CT molecular complexity index is 198. The van der Waals surface area contributed by atoms with Gasteiger partial charge in [-0.25, -0.2) is 0 Å². The van der Waals surface area contributed by atoms with Crippen molar-refractivity contribution in [2.24, 2.45) is 0 Å². The van der Waals surface area contributed by atoms with Gasteiger partial charge in [0.1, 0.15) is 0 Å². The third-order valence-electron chi connectivity index (χ3n) is 1.35. The molecule has 13 heavy (non-hydrogen) atoms. The molecule has 0 heterocycles. The van der Waals surface area contributed by atoms with E-state index >= 15 is 0 Å². The van der Waals surface area contributed by atoms with Crippen LogP contribution < -0.4 is 5.32 Å². The number of carboxylic acid groups (broad SMARTS) is 1. The summed E-state index contributed by atoms with van der Waals surface area (Å²) >= 11 is 0. The predicted octanol–water partition coefficient (Wildman–Crippen LogP) is 0.915. The van der Waals surface area contributed by atoms with Crippen molar-refractivity contribution in [3.05, 3.63) is 0 Å². The quantitative estimate of drug-likeness (QED) is 0.653. The monoisotopic (exact) mass is 203 g/mol. The second kappa shape index (κ2) is 5.01. The molecule has 0 unspecified atom stereocenters. The summed E-state index contributed by atoms with van der Waals surface area (Å²) in [7, 11) is -1.36. The highest BCUT2D eigenvalue weighted by Gasteiger charge is 2.17. The van der Waals surface area contributed by atoms with Crippen molar-refractivity contribution in [1.82, 2.24) is 5.32 Å². The maximum Gasteiger partial charge on any atom is 0.305 e. The van der Waals surface area contributed by atoms with Gasteiger partial charge in [-0.2, -0.15) is 0 Å². The predicted molar refractivity (Wildman–Crippen MR) is 53.4 cm³/mol. The van der Waals surface area contributed by atoms with Crippen LogP contribution in [0.2, 0.25) is 25.7 Å². The minimum Gasteiger partial charge on any atom is -0.481 e. The molecule has 0 aliphatic carbocycles. The van der Waals surface area contributed by atoms with Gasteiger partial charge in [-0.15, -0.1) is 0 Å². The SMILES string of the molecule is C[Si](C)(C)CC(=O)NCCC(=O)O. The van der Waals surface area contributed by atoms with Gasteiger partial charge in [0.05, 0.1) is 14.5 Å². The van der Waals surface area contributed by atoms with Crippen molar-refractivity contribution in [2.75, 3.05) is 6.54 Å². The van der Waals surface area contributed by atoms with Gasteiger partial charge in [0.15, 0.2) is 0 Å². The molecule has 0 saturated heterocycles. The van der Waals surface area contributed by atoms with Gasteiger partial charge >= 0.3 is 5.97 Å². The summed E-state index contributed by atoms with van der Waals surface area (Å²) < 4.78 is 0. The van der Waals surface area contributed by atoms with Crippen LogP contribution in [0.25, 0.3) is 0 Å². The lowest BCUT2D eigenvalue weighted by atomic mass is 10.4.